The van der Waals surface area contributed by atoms with Gasteiger partial charge in [0.15, 0.2) is 0 Å². The normalized spacial score (nSPS) is 22.9. The average Bonchev–Trinajstić information content (AvgIpc) is 2.20. The molecule has 0 aliphatic carbocycles. The second kappa shape index (κ2) is 3.77. The Balaban J connectivity index is 2.10. The summed E-state index contributed by atoms with van der Waals surface area (Å²) in [6, 6.07) is 7.86. The number of hydrogen-bond donors (Lipinski definition) is 2. The zero-order valence-corrected chi connectivity index (χ0v) is 7.49. The van der Waals surface area contributed by atoms with E-state index in [1.165, 1.54) is 5.56 Å². The van der Waals surface area contributed by atoms with E-state index in [4.69, 9.17) is 10.5 Å². The Kier molecular flexibility index (Phi) is 2.47. The lowest BCUT2D eigenvalue weighted by atomic mass is 10.1. The summed E-state index contributed by atoms with van der Waals surface area (Å²) in [5.41, 5.74) is 7.59. The first-order chi connectivity index (χ1) is 6.36. The molecular weight excluding hydrogens is 164 g/mol. The number of rotatable bonds is 1. The highest BCUT2D eigenvalue weighted by molar-refractivity contribution is 5.39. The smallest absolute Gasteiger partial charge is 0.0949 e. The molecule has 0 amide bonds. The van der Waals surface area contributed by atoms with Crippen molar-refractivity contribution in [1.82, 2.24) is 5.32 Å². The maximum Gasteiger partial charge on any atom is 0.0949 e. The molecule has 0 bridgehead atoms. The van der Waals surface area contributed by atoms with Gasteiger partial charge in [0.1, 0.15) is 0 Å². The van der Waals surface area contributed by atoms with Crippen LogP contribution in [0.4, 0.5) is 5.69 Å². The Bertz CT molecular complexity index is 265. The van der Waals surface area contributed by atoms with Crippen molar-refractivity contribution in [2.24, 2.45) is 0 Å². The largest absolute Gasteiger partial charge is 0.399 e. The Morgan fingerprint density at radius 2 is 2.08 bits per heavy atom. The SMILES string of the molecule is Nc1ccc([C@@H]2CNCCO2)cc1. The van der Waals surface area contributed by atoms with Crippen LogP contribution in [0.15, 0.2) is 24.3 Å². The molecule has 0 spiro atoms. The molecule has 13 heavy (non-hydrogen) atoms. The van der Waals surface area contributed by atoms with Gasteiger partial charge in [-0.1, -0.05) is 12.1 Å². The van der Waals surface area contributed by atoms with Crippen molar-refractivity contribution >= 4 is 5.69 Å². The van der Waals surface area contributed by atoms with E-state index in [0.29, 0.717) is 0 Å². The van der Waals surface area contributed by atoms with Gasteiger partial charge in [-0.15, -0.1) is 0 Å². The van der Waals surface area contributed by atoms with Gasteiger partial charge in [0.05, 0.1) is 12.7 Å². The minimum Gasteiger partial charge on any atom is -0.399 e. The van der Waals surface area contributed by atoms with Crippen molar-refractivity contribution in [3.63, 3.8) is 0 Å². The van der Waals surface area contributed by atoms with E-state index in [-0.39, 0.29) is 6.10 Å². The van der Waals surface area contributed by atoms with E-state index in [0.717, 1.165) is 25.4 Å². The third-order valence-electron chi connectivity index (χ3n) is 2.24. The zero-order chi connectivity index (χ0) is 9.10. The van der Waals surface area contributed by atoms with Crippen LogP contribution in [0, 0.1) is 0 Å². The van der Waals surface area contributed by atoms with Crippen LogP contribution in [0.5, 0.6) is 0 Å². The second-order valence-corrected chi connectivity index (χ2v) is 3.23. The van der Waals surface area contributed by atoms with Crippen LogP contribution in [0.1, 0.15) is 11.7 Å². The van der Waals surface area contributed by atoms with Gasteiger partial charge in [0.25, 0.3) is 0 Å². The van der Waals surface area contributed by atoms with E-state index in [2.05, 4.69) is 5.32 Å². The maximum atomic E-state index is 5.60. The highest BCUT2D eigenvalue weighted by Crippen LogP contribution is 2.19. The Morgan fingerprint density at radius 3 is 2.69 bits per heavy atom. The van der Waals surface area contributed by atoms with Crippen molar-refractivity contribution < 1.29 is 4.74 Å². The fraction of sp³-hybridized carbons (Fsp3) is 0.400. The predicted octanol–water partition coefficient (Wildman–Crippen LogP) is 0.930. The number of nitrogen functional groups attached to an aromatic ring is 1. The van der Waals surface area contributed by atoms with E-state index in [1.54, 1.807) is 0 Å². The number of morpholine rings is 1. The van der Waals surface area contributed by atoms with E-state index in [9.17, 15) is 0 Å². The number of hydrogen-bond acceptors (Lipinski definition) is 3. The molecule has 1 fully saturated rings. The van der Waals surface area contributed by atoms with Crippen LogP contribution < -0.4 is 11.1 Å². The van der Waals surface area contributed by atoms with Gasteiger partial charge in [-0.3, -0.25) is 0 Å². The molecule has 0 radical (unpaired) electrons. The first-order valence-corrected chi connectivity index (χ1v) is 4.54. The molecule has 3 heteroatoms. The first kappa shape index (κ1) is 8.53. The fourth-order valence-corrected chi connectivity index (χ4v) is 1.49. The van der Waals surface area contributed by atoms with E-state index in [1.807, 2.05) is 24.3 Å². The summed E-state index contributed by atoms with van der Waals surface area (Å²) in [7, 11) is 0. The molecule has 70 valence electrons. The molecule has 1 aliphatic heterocycles. The van der Waals surface area contributed by atoms with Gasteiger partial charge in [0.2, 0.25) is 0 Å². The van der Waals surface area contributed by atoms with Crippen molar-refractivity contribution in [1.29, 1.82) is 0 Å². The van der Waals surface area contributed by atoms with Crippen molar-refractivity contribution in [2.45, 2.75) is 6.10 Å². The summed E-state index contributed by atoms with van der Waals surface area (Å²) in [5, 5.41) is 3.29. The molecule has 0 saturated carbocycles. The van der Waals surface area contributed by atoms with Gasteiger partial charge in [-0.25, -0.2) is 0 Å². The molecule has 1 heterocycles. The highest BCUT2D eigenvalue weighted by atomic mass is 16.5. The molecular formula is C10H14N2O. The quantitative estimate of drug-likeness (QED) is 0.629. The van der Waals surface area contributed by atoms with Crippen molar-refractivity contribution in [3.8, 4) is 0 Å². The van der Waals surface area contributed by atoms with Crippen molar-refractivity contribution in [2.75, 3.05) is 25.4 Å². The third-order valence-corrected chi connectivity index (χ3v) is 2.24. The van der Waals surface area contributed by atoms with E-state index < -0.39 is 0 Å². The molecule has 1 aromatic carbocycles. The number of ether oxygens (including phenoxy) is 1. The molecule has 3 N–H and O–H groups in total. The molecule has 0 unspecified atom stereocenters. The van der Waals surface area contributed by atoms with Crippen LogP contribution in [-0.2, 0) is 4.74 Å². The van der Waals surface area contributed by atoms with Crippen molar-refractivity contribution in [3.05, 3.63) is 29.8 Å². The summed E-state index contributed by atoms with van der Waals surface area (Å²) in [6.07, 6.45) is 0.189. The average molecular weight is 178 g/mol. The van der Waals surface area contributed by atoms with Crippen LogP contribution in [0.3, 0.4) is 0 Å². The summed E-state index contributed by atoms with van der Waals surface area (Å²) in [6.45, 7) is 2.63. The number of nitrogens with two attached hydrogens (primary N) is 1. The van der Waals surface area contributed by atoms with E-state index >= 15 is 0 Å². The Morgan fingerprint density at radius 1 is 1.31 bits per heavy atom. The third kappa shape index (κ3) is 1.99. The molecule has 2 rings (SSSR count). The lowest BCUT2D eigenvalue weighted by Crippen LogP contribution is -2.33. The second-order valence-electron chi connectivity index (χ2n) is 3.23. The lowest BCUT2D eigenvalue weighted by Gasteiger charge is -2.23. The molecule has 3 nitrogen and oxygen atoms in total. The predicted molar refractivity (Wildman–Crippen MR) is 52.4 cm³/mol. The lowest BCUT2D eigenvalue weighted by molar-refractivity contribution is 0.0277. The molecule has 1 saturated heterocycles. The topological polar surface area (TPSA) is 47.3 Å². The standard InChI is InChI=1S/C10H14N2O/c11-9-3-1-8(2-4-9)10-7-12-5-6-13-10/h1-4,10,12H,5-7,11H2/t10-/m0/s1. The minimum absolute atomic E-state index is 0.189. The summed E-state index contributed by atoms with van der Waals surface area (Å²) in [5.74, 6) is 0. The molecule has 1 aliphatic rings. The van der Waals surface area contributed by atoms with Gasteiger partial charge < -0.3 is 15.8 Å². The Labute approximate surface area is 77.9 Å². The van der Waals surface area contributed by atoms with Crippen LogP contribution >= 0.6 is 0 Å². The Hall–Kier alpha value is -1.06. The fourth-order valence-electron chi connectivity index (χ4n) is 1.49. The van der Waals surface area contributed by atoms with Gasteiger partial charge >= 0.3 is 0 Å². The zero-order valence-electron chi connectivity index (χ0n) is 7.49. The molecule has 0 aromatic heterocycles. The number of nitrogens with one attached hydrogen (secondary N) is 1. The van der Waals surface area contributed by atoms with Crippen LogP contribution in [-0.4, -0.2) is 19.7 Å². The highest BCUT2D eigenvalue weighted by Gasteiger charge is 2.14. The summed E-state index contributed by atoms with van der Waals surface area (Å²) >= 11 is 0. The van der Waals surface area contributed by atoms with Crippen LogP contribution in [0.2, 0.25) is 0 Å². The number of benzene rings is 1. The van der Waals surface area contributed by atoms with Crippen LogP contribution in [0.25, 0.3) is 0 Å². The molecule has 1 aromatic rings. The first-order valence-electron chi connectivity index (χ1n) is 4.54. The summed E-state index contributed by atoms with van der Waals surface area (Å²) < 4.78 is 5.60. The van der Waals surface area contributed by atoms with Gasteiger partial charge in [0, 0.05) is 18.8 Å². The van der Waals surface area contributed by atoms with Gasteiger partial charge in [-0.05, 0) is 17.7 Å². The molecule has 1 atom stereocenters. The monoisotopic (exact) mass is 178 g/mol. The summed E-state index contributed by atoms with van der Waals surface area (Å²) in [4.78, 5) is 0. The maximum absolute atomic E-state index is 5.60. The number of anilines is 1. The van der Waals surface area contributed by atoms with Gasteiger partial charge in [-0.2, -0.15) is 0 Å². The minimum atomic E-state index is 0.189.